The Kier molecular flexibility index (Phi) is 5.42. The maximum Gasteiger partial charge on any atom is 0.191 e. The van der Waals surface area contributed by atoms with Crippen LogP contribution in [0, 0.1) is 6.92 Å². The van der Waals surface area contributed by atoms with E-state index in [1.165, 1.54) is 0 Å². The molecule has 0 amide bonds. The van der Waals surface area contributed by atoms with Gasteiger partial charge in [-0.3, -0.25) is 4.99 Å². The molecule has 0 aliphatic carbocycles. The quantitative estimate of drug-likeness (QED) is 0.638. The van der Waals surface area contributed by atoms with Crippen molar-refractivity contribution in [1.29, 1.82) is 0 Å². The number of rotatable bonds is 5. The average Bonchev–Trinajstić information content (AvgIpc) is 3.27. The Morgan fingerprint density at radius 2 is 2.28 bits per heavy atom. The molecule has 1 aliphatic rings. The van der Waals surface area contributed by atoms with Crippen LogP contribution in [0.2, 0.25) is 0 Å². The molecule has 1 atom stereocenters. The van der Waals surface area contributed by atoms with E-state index in [-0.39, 0.29) is 0 Å². The molecule has 2 aromatic rings. The van der Waals surface area contributed by atoms with Crippen molar-refractivity contribution in [2.75, 3.05) is 32.1 Å². The van der Waals surface area contributed by atoms with Gasteiger partial charge in [-0.1, -0.05) is 17.3 Å². The van der Waals surface area contributed by atoms with Crippen molar-refractivity contribution in [3.63, 3.8) is 0 Å². The van der Waals surface area contributed by atoms with Gasteiger partial charge in [0.05, 0.1) is 25.0 Å². The molecule has 0 bridgehead atoms. The number of aliphatic imine (C=N–C) groups is 1. The van der Waals surface area contributed by atoms with E-state index in [0.29, 0.717) is 12.6 Å². The number of para-hydroxylation sites is 2. The van der Waals surface area contributed by atoms with Gasteiger partial charge in [-0.05, 0) is 25.5 Å². The highest BCUT2D eigenvalue weighted by atomic mass is 16.5. The number of ether oxygens (including phenoxy) is 1. The summed E-state index contributed by atoms with van der Waals surface area (Å²) in [5.41, 5.74) is 2.01. The van der Waals surface area contributed by atoms with Crippen LogP contribution in [0.5, 0.6) is 5.75 Å². The Bertz CT molecular complexity index is 728. The van der Waals surface area contributed by atoms with Gasteiger partial charge in [-0.15, -0.1) is 0 Å². The summed E-state index contributed by atoms with van der Waals surface area (Å²) in [6, 6.07) is 10.4. The lowest BCUT2D eigenvalue weighted by atomic mass is 10.2. The van der Waals surface area contributed by atoms with Crippen molar-refractivity contribution >= 4 is 11.6 Å². The van der Waals surface area contributed by atoms with Crippen molar-refractivity contribution in [3.8, 4) is 5.75 Å². The lowest BCUT2D eigenvalue weighted by Gasteiger charge is -2.22. The standard InChI is InChI=1S/C18H25N5O2/c1-13-10-15(25-22-13)11-20-18(19-2)21-14-8-9-23(12-14)16-6-4-5-7-17(16)24-3/h4-7,10,14H,8-9,11-12H2,1-3H3,(H2,19,20,21). The molecule has 7 heteroatoms. The first-order chi connectivity index (χ1) is 12.2. The van der Waals surface area contributed by atoms with Crippen LogP contribution in [0.15, 0.2) is 39.8 Å². The molecule has 25 heavy (non-hydrogen) atoms. The van der Waals surface area contributed by atoms with Gasteiger partial charge in [0.2, 0.25) is 0 Å². The molecule has 3 rings (SSSR count). The number of benzene rings is 1. The number of anilines is 1. The first-order valence-corrected chi connectivity index (χ1v) is 8.47. The summed E-state index contributed by atoms with van der Waals surface area (Å²) in [5, 5.41) is 10.6. The maximum atomic E-state index is 5.47. The monoisotopic (exact) mass is 343 g/mol. The molecule has 2 heterocycles. The second-order valence-electron chi connectivity index (χ2n) is 6.11. The van der Waals surface area contributed by atoms with E-state index >= 15 is 0 Å². The Morgan fingerprint density at radius 3 is 3.00 bits per heavy atom. The predicted octanol–water partition coefficient (Wildman–Crippen LogP) is 1.94. The van der Waals surface area contributed by atoms with Crippen molar-refractivity contribution in [2.45, 2.75) is 25.9 Å². The number of hydrogen-bond donors (Lipinski definition) is 2. The van der Waals surface area contributed by atoms with E-state index in [1.54, 1.807) is 14.2 Å². The molecular formula is C18H25N5O2. The summed E-state index contributed by atoms with van der Waals surface area (Å²) in [6.45, 7) is 4.35. The fourth-order valence-electron chi connectivity index (χ4n) is 3.05. The molecule has 7 nitrogen and oxygen atoms in total. The second kappa shape index (κ2) is 7.92. The Hall–Kier alpha value is -2.70. The lowest BCUT2D eigenvalue weighted by Crippen LogP contribution is -2.44. The molecular weight excluding hydrogens is 318 g/mol. The largest absolute Gasteiger partial charge is 0.495 e. The summed E-state index contributed by atoms with van der Waals surface area (Å²) < 4.78 is 10.7. The van der Waals surface area contributed by atoms with E-state index in [1.807, 2.05) is 31.2 Å². The zero-order chi connectivity index (χ0) is 17.6. The number of hydrogen-bond acceptors (Lipinski definition) is 5. The summed E-state index contributed by atoms with van der Waals surface area (Å²) in [6.07, 6.45) is 1.04. The Balaban J connectivity index is 1.54. The maximum absolute atomic E-state index is 5.47. The van der Waals surface area contributed by atoms with Crippen LogP contribution < -0.4 is 20.3 Å². The van der Waals surface area contributed by atoms with Crippen LogP contribution in [-0.4, -0.2) is 44.4 Å². The normalized spacial score (nSPS) is 17.6. The summed E-state index contributed by atoms with van der Waals surface area (Å²) in [7, 11) is 3.48. The second-order valence-corrected chi connectivity index (χ2v) is 6.11. The molecule has 0 spiro atoms. The highest BCUT2D eigenvalue weighted by Crippen LogP contribution is 2.30. The predicted molar refractivity (Wildman–Crippen MR) is 98.2 cm³/mol. The number of methoxy groups -OCH3 is 1. The zero-order valence-electron chi connectivity index (χ0n) is 15.0. The van der Waals surface area contributed by atoms with E-state index in [4.69, 9.17) is 9.26 Å². The minimum atomic E-state index is 0.326. The number of nitrogens with one attached hydrogen (secondary N) is 2. The third-order valence-corrected chi connectivity index (χ3v) is 4.29. The number of aromatic nitrogens is 1. The van der Waals surface area contributed by atoms with Crippen LogP contribution >= 0.6 is 0 Å². The summed E-state index contributed by atoms with van der Waals surface area (Å²) in [4.78, 5) is 6.63. The third kappa shape index (κ3) is 4.23. The van der Waals surface area contributed by atoms with E-state index in [0.717, 1.165) is 48.4 Å². The average molecular weight is 343 g/mol. The van der Waals surface area contributed by atoms with Crippen molar-refractivity contribution in [3.05, 3.63) is 41.8 Å². The fraction of sp³-hybridized carbons (Fsp3) is 0.444. The molecule has 0 saturated carbocycles. The first kappa shape index (κ1) is 17.1. The van der Waals surface area contributed by atoms with Gasteiger partial charge < -0.3 is 24.8 Å². The van der Waals surface area contributed by atoms with Crippen LogP contribution in [-0.2, 0) is 6.54 Å². The SMILES string of the molecule is CN=C(NCc1cc(C)no1)NC1CCN(c2ccccc2OC)C1. The summed E-state index contributed by atoms with van der Waals surface area (Å²) >= 11 is 0. The molecule has 1 aliphatic heterocycles. The number of guanidine groups is 1. The number of nitrogens with zero attached hydrogens (tertiary/aromatic N) is 3. The van der Waals surface area contributed by atoms with Crippen LogP contribution in [0.25, 0.3) is 0 Å². The molecule has 1 aromatic carbocycles. The molecule has 1 unspecified atom stereocenters. The Morgan fingerprint density at radius 1 is 1.44 bits per heavy atom. The van der Waals surface area contributed by atoms with Gasteiger partial charge in [-0.25, -0.2) is 0 Å². The van der Waals surface area contributed by atoms with Gasteiger partial charge in [0.1, 0.15) is 5.75 Å². The molecule has 0 radical (unpaired) electrons. The molecule has 1 aromatic heterocycles. The Labute approximate surface area is 148 Å². The highest BCUT2D eigenvalue weighted by Gasteiger charge is 2.25. The minimum absolute atomic E-state index is 0.326. The molecule has 1 saturated heterocycles. The van der Waals surface area contributed by atoms with E-state index in [2.05, 4.69) is 31.7 Å². The van der Waals surface area contributed by atoms with Crippen LogP contribution in [0.1, 0.15) is 17.9 Å². The molecule has 1 fully saturated rings. The highest BCUT2D eigenvalue weighted by molar-refractivity contribution is 5.80. The van der Waals surface area contributed by atoms with Crippen LogP contribution in [0.4, 0.5) is 5.69 Å². The van der Waals surface area contributed by atoms with Gasteiger partial charge in [0, 0.05) is 32.2 Å². The topological polar surface area (TPSA) is 74.9 Å². The minimum Gasteiger partial charge on any atom is -0.495 e. The van der Waals surface area contributed by atoms with E-state index < -0.39 is 0 Å². The van der Waals surface area contributed by atoms with Gasteiger partial charge >= 0.3 is 0 Å². The summed E-state index contributed by atoms with van der Waals surface area (Å²) in [5.74, 6) is 2.47. The molecule has 134 valence electrons. The molecule has 2 N–H and O–H groups in total. The van der Waals surface area contributed by atoms with E-state index in [9.17, 15) is 0 Å². The van der Waals surface area contributed by atoms with Gasteiger partial charge in [0.15, 0.2) is 11.7 Å². The smallest absolute Gasteiger partial charge is 0.191 e. The van der Waals surface area contributed by atoms with Gasteiger partial charge in [0.25, 0.3) is 0 Å². The van der Waals surface area contributed by atoms with Crippen molar-refractivity contribution < 1.29 is 9.26 Å². The fourth-order valence-corrected chi connectivity index (χ4v) is 3.05. The van der Waals surface area contributed by atoms with Crippen molar-refractivity contribution in [1.82, 2.24) is 15.8 Å². The first-order valence-electron chi connectivity index (χ1n) is 8.47. The lowest BCUT2D eigenvalue weighted by molar-refractivity contribution is 0.376. The third-order valence-electron chi connectivity index (χ3n) is 4.29. The zero-order valence-corrected chi connectivity index (χ0v) is 15.0. The van der Waals surface area contributed by atoms with Crippen molar-refractivity contribution in [2.24, 2.45) is 4.99 Å². The number of aryl methyl sites for hydroxylation is 1. The van der Waals surface area contributed by atoms with Crippen LogP contribution in [0.3, 0.4) is 0 Å². The van der Waals surface area contributed by atoms with Gasteiger partial charge in [-0.2, -0.15) is 0 Å².